The lowest BCUT2D eigenvalue weighted by atomic mass is 10.1. The molecule has 0 amide bonds. The molecule has 4 heterocycles. The second kappa shape index (κ2) is 5.88. The van der Waals surface area contributed by atoms with Gasteiger partial charge >= 0.3 is 0 Å². The van der Waals surface area contributed by atoms with Crippen molar-refractivity contribution in [1.82, 2.24) is 24.3 Å². The van der Waals surface area contributed by atoms with Crippen molar-refractivity contribution in [2.45, 2.75) is 5.16 Å². The quantitative estimate of drug-likeness (QED) is 0.343. The summed E-state index contributed by atoms with van der Waals surface area (Å²) in [7, 11) is 1.66. The average Bonchev–Trinajstić information content (AvgIpc) is 2.96. The summed E-state index contributed by atoms with van der Waals surface area (Å²) >= 11 is 6.76. The van der Waals surface area contributed by atoms with E-state index >= 15 is 0 Å². The zero-order valence-corrected chi connectivity index (χ0v) is 14.6. The standard InChI is InChI=1S/C16H13N5OS2/c1-22-11-5-8-17-14-13(11)12(9-3-6-18-15(23)20-9)10-4-7-19-16(24-2)21(10)14/h3-8H,1-2H3,(H,18,20,23). The first-order chi connectivity index (χ1) is 11.7. The maximum Gasteiger partial charge on any atom is 0.197 e. The van der Waals surface area contributed by atoms with Crippen molar-refractivity contribution in [3.05, 3.63) is 41.6 Å². The second-order valence-corrected chi connectivity index (χ2v) is 6.19. The van der Waals surface area contributed by atoms with Crippen molar-refractivity contribution < 1.29 is 4.74 Å². The fourth-order valence-corrected chi connectivity index (χ4v) is 3.58. The third kappa shape index (κ3) is 2.18. The normalized spacial score (nSPS) is 11.2. The molecule has 8 heteroatoms. The van der Waals surface area contributed by atoms with Gasteiger partial charge in [0.05, 0.1) is 23.7 Å². The number of rotatable bonds is 3. The number of H-pyrrole nitrogens is 1. The van der Waals surface area contributed by atoms with Gasteiger partial charge in [0.2, 0.25) is 0 Å². The summed E-state index contributed by atoms with van der Waals surface area (Å²) in [6.07, 6.45) is 7.23. The van der Waals surface area contributed by atoms with E-state index < -0.39 is 0 Å². The van der Waals surface area contributed by atoms with Crippen LogP contribution >= 0.6 is 24.0 Å². The van der Waals surface area contributed by atoms with Gasteiger partial charge < -0.3 is 9.72 Å². The molecule has 120 valence electrons. The van der Waals surface area contributed by atoms with Gasteiger partial charge in [-0.1, -0.05) is 11.8 Å². The van der Waals surface area contributed by atoms with Gasteiger partial charge in [-0.05, 0) is 36.7 Å². The summed E-state index contributed by atoms with van der Waals surface area (Å²) in [5, 5.41) is 1.78. The zero-order valence-electron chi connectivity index (χ0n) is 13.0. The van der Waals surface area contributed by atoms with Crippen LogP contribution in [0.4, 0.5) is 0 Å². The van der Waals surface area contributed by atoms with Crippen LogP contribution in [0.15, 0.2) is 41.9 Å². The molecule has 0 saturated carbocycles. The van der Waals surface area contributed by atoms with Gasteiger partial charge in [0.1, 0.15) is 5.75 Å². The number of pyridine rings is 1. The average molecular weight is 355 g/mol. The number of fused-ring (bicyclic) bond motifs is 3. The van der Waals surface area contributed by atoms with Crippen molar-refractivity contribution in [3.63, 3.8) is 0 Å². The lowest BCUT2D eigenvalue weighted by Crippen LogP contribution is -1.94. The summed E-state index contributed by atoms with van der Waals surface area (Å²) in [6.45, 7) is 0. The molecule has 0 atom stereocenters. The summed E-state index contributed by atoms with van der Waals surface area (Å²) in [4.78, 5) is 16.3. The van der Waals surface area contributed by atoms with Crippen LogP contribution in [0, 0.1) is 4.77 Å². The molecule has 4 aromatic heterocycles. The van der Waals surface area contributed by atoms with Crippen LogP contribution in [0.3, 0.4) is 0 Å². The van der Waals surface area contributed by atoms with Crippen LogP contribution in [0.25, 0.3) is 27.8 Å². The van der Waals surface area contributed by atoms with E-state index in [9.17, 15) is 0 Å². The molecule has 4 rings (SSSR count). The lowest BCUT2D eigenvalue weighted by Gasteiger charge is -2.04. The number of aromatic nitrogens is 5. The van der Waals surface area contributed by atoms with Gasteiger partial charge in [0, 0.05) is 24.2 Å². The number of nitrogens with one attached hydrogen (secondary N) is 1. The number of nitrogens with zero attached hydrogens (tertiary/aromatic N) is 4. The number of ether oxygens (including phenoxy) is 1. The first-order valence-electron chi connectivity index (χ1n) is 7.16. The van der Waals surface area contributed by atoms with E-state index in [0.717, 1.165) is 38.7 Å². The Morgan fingerprint density at radius 1 is 1.12 bits per heavy atom. The second-order valence-electron chi connectivity index (χ2n) is 5.03. The van der Waals surface area contributed by atoms with Crippen molar-refractivity contribution in [2.75, 3.05) is 13.4 Å². The van der Waals surface area contributed by atoms with E-state index in [1.165, 1.54) is 0 Å². The molecule has 0 bridgehead atoms. The number of hydrogen-bond acceptors (Lipinski definition) is 6. The molecule has 0 unspecified atom stereocenters. The Morgan fingerprint density at radius 3 is 2.67 bits per heavy atom. The molecule has 1 N–H and O–H groups in total. The maximum atomic E-state index is 5.59. The van der Waals surface area contributed by atoms with Crippen molar-refractivity contribution in [1.29, 1.82) is 0 Å². The highest BCUT2D eigenvalue weighted by molar-refractivity contribution is 7.98. The topological polar surface area (TPSA) is 68.1 Å². The molecule has 0 aliphatic rings. The largest absolute Gasteiger partial charge is 0.496 e. The summed E-state index contributed by atoms with van der Waals surface area (Å²) in [5.41, 5.74) is 3.62. The molecule has 6 nitrogen and oxygen atoms in total. The van der Waals surface area contributed by atoms with E-state index in [0.29, 0.717) is 4.77 Å². The molecule has 0 aliphatic carbocycles. The Bertz CT molecular complexity index is 1120. The molecular weight excluding hydrogens is 342 g/mol. The summed E-state index contributed by atoms with van der Waals surface area (Å²) < 4.78 is 8.06. The van der Waals surface area contributed by atoms with Gasteiger partial charge in [-0.2, -0.15) is 0 Å². The highest BCUT2D eigenvalue weighted by atomic mass is 32.2. The molecule has 4 aromatic rings. The number of hydrogen-bond donors (Lipinski definition) is 1. The molecule has 0 radical (unpaired) electrons. The molecule has 0 fully saturated rings. The molecule has 0 aliphatic heterocycles. The van der Waals surface area contributed by atoms with E-state index in [1.807, 2.05) is 28.9 Å². The first kappa shape index (κ1) is 15.1. The van der Waals surface area contributed by atoms with Gasteiger partial charge in [-0.3, -0.25) is 4.40 Å². The van der Waals surface area contributed by atoms with E-state index in [2.05, 4.69) is 19.9 Å². The summed E-state index contributed by atoms with van der Waals surface area (Å²) in [6, 6.07) is 5.72. The number of thioether (sulfide) groups is 1. The van der Waals surface area contributed by atoms with E-state index in [-0.39, 0.29) is 0 Å². The lowest BCUT2D eigenvalue weighted by molar-refractivity contribution is 0.419. The summed E-state index contributed by atoms with van der Waals surface area (Å²) in [5.74, 6) is 0.752. The van der Waals surface area contributed by atoms with Gasteiger partial charge in [0.25, 0.3) is 0 Å². The fourth-order valence-electron chi connectivity index (χ4n) is 2.87. The van der Waals surface area contributed by atoms with E-state index in [4.69, 9.17) is 17.0 Å². The van der Waals surface area contributed by atoms with Crippen LogP contribution in [-0.2, 0) is 0 Å². The minimum atomic E-state index is 0.432. The predicted molar refractivity (Wildman–Crippen MR) is 97.2 cm³/mol. The Hall–Kier alpha value is -2.45. The highest BCUT2D eigenvalue weighted by Gasteiger charge is 2.20. The minimum Gasteiger partial charge on any atom is -0.496 e. The SMILES string of the molecule is COc1ccnc2c1c(-c1ccnc(=S)[nH]1)c1ccnc(SC)n12. The Balaban J connectivity index is 2.27. The molecule has 0 spiro atoms. The van der Waals surface area contributed by atoms with Crippen LogP contribution in [-0.4, -0.2) is 37.7 Å². The van der Waals surface area contributed by atoms with Gasteiger partial charge in [0.15, 0.2) is 15.6 Å². The monoisotopic (exact) mass is 355 g/mol. The number of aromatic amines is 1. The molecule has 0 saturated heterocycles. The highest BCUT2D eigenvalue weighted by Crippen LogP contribution is 2.39. The van der Waals surface area contributed by atoms with Crippen LogP contribution < -0.4 is 4.74 Å². The first-order valence-corrected chi connectivity index (χ1v) is 8.79. The molecule has 0 aromatic carbocycles. The zero-order chi connectivity index (χ0) is 16.7. The third-order valence-corrected chi connectivity index (χ3v) is 4.67. The van der Waals surface area contributed by atoms with Crippen molar-refractivity contribution >= 4 is 40.5 Å². The van der Waals surface area contributed by atoms with Crippen LogP contribution in [0.2, 0.25) is 0 Å². The smallest absolute Gasteiger partial charge is 0.197 e. The van der Waals surface area contributed by atoms with E-state index in [1.54, 1.807) is 37.5 Å². The molecule has 24 heavy (non-hydrogen) atoms. The van der Waals surface area contributed by atoms with Crippen LogP contribution in [0.5, 0.6) is 5.75 Å². The fraction of sp³-hybridized carbons (Fsp3) is 0.125. The Labute approximate surface area is 146 Å². The third-order valence-electron chi connectivity index (χ3n) is 3.81. The minimum absolute atomic E-state index is 0.432. The van der Waals surface area contributed by atoms with Gasteiger partial charge in [-0.15, -0.1) is 0 Å². The maximum absolute atomic E-state index is 5.59. The van der Waals surface area contributed by atoms with Crippen LogP contribution in [0.1, 0.15) is 0 Å². The van der Waals surface area contributed by atoms with Gasteiger partial charge in [-0.25, -0.2) is 15.0 Å². The Morgan fingerprint density at radius 2 is 1.92 bits per heavy atom. The van der Waals surface area contributed by atoms with Crippen molar-refractivity contribution in [2.24, 2.45) is 0 Å². The molecular formula is C16H13N5OS2. The Kier molecular flexibility index (Phi) is 3.70. The van der Waals surface area contributed by atoms with Crippen molar-refractivity contribution in [3.8, 4) is 17.0 Å². The predicted octanol–water partition coefficient (Wildman–Crippen LogP) is 3.73. The number of methoxy groups -OCH3 is 1.